The summed E-state index contributed by atoms with van der Waals surface area (Å²) in [4.78, 5) is 36.8. The minimum atomic E-state index is -4.01. The Morgan fingerprint density at radius 3 is 2.09 bits per heavy atom. The molecule has 0 aliphatic carbocycles. The summed E-state index contributed by atoms with van der Waals surface area (Å²) in [6.07, 6.45) is -0.724. The third-order valence-electron chi connectivity index (χ3n) is 2.30. The Morgan fingerprint density at radius 1 is 1.22 bits per heavy atom. The summed E-state index contributed by atoms with van der Waals surface area (Å²) >= 11 is 11.3. The molecule has 0 fully saturated rings. The number of carbonyl (C=O) groups excluding carboxylic acids is 2. The number of hydrogen-bond acceptors (Lipinski definition) is 6. The van der Waals surface area contributed by atoms with Crippen molar-refractivity contribution in [1.29, 1.82) is 0 Å². The first-order chi connectivity index (χ1) is 10.5. The Bertz CT molecular complexity index is 613. The van der Waals surface area contributed by atoms with Gasteiger partial charge in [0.25, 0.3) is 0 Å². The Hall–Kier alpha value is -1.31. The van der Waals surface area contributed by atoms with Crippen LogP contribution in [-0.2, 0) is 9.36 Å². The largest absolute Gasteiger partial charge is 0.550 e. The molecule has 1 aromatic rings. The van der Waals surface area contributed by atoms with E-state index in [9.17, 15) is 24.4 Å². The van der Waals surface area contributed by atoms with E-state index in [0.717, 1.165) is 0 Å². The summed E-state index contributed by atoms with van der Waals surface area (Å²) in [6.45, 7) is 0. The molecule has 0 amide bonds. The maximum atomic E-state index is 10.6. The molecule has 0 bridgehead atoms. The molecule has 0 aliphatic rings. The second-order valence-corrected chi connectivity index (χ2v) is 6.68. The molecule has 11 heteroatoms. The van der Waals surface area contributed by atoms with Gasteiger partial charge in [0.15, 0.2) is 0 Å². The Balaban J connectivity index is 0.000000438. The van der Waals surface area contributed by atoms with Gasteiger partial charge in [-0.2, -0.15) is 0 Å². The number of halogens is 2. The van der Waals surface area contributed by atoms with Crippen LogP contribution in [0.5, 0.6) is 5.75 Å². The number of carboxylic acids is 2. The van der Waals surface area contributed by atoms with E-state index in [1.54, 1.807) is 0 Å². The van der Waals surface area contributed by atoms with E-state index in [1.165, 1.54) is 19.2 Å². The number of aromatic carboxylic acids is 1. The van der Waals surface area contributed by atoms with Gasteiger partial charge < -0.3 is 34.3 Å². The van der Waals surface area contributed by atoms with Gasteiger partial charge >= 0.3 is 7.60 Å². The molecular formula is C12H13Cl2O8P-2. The molecule has 0 unspecified atom stereocenters. The zero-order valence-electron chi connectivity index (χ0n) is 11.8. The average molecular weight is 387 g/mol. The van der Waals surface area contributed by atoms with Gasteiger partial charge in [0.05, 0.1) is 34.8 Å². The molecular weight excluding hydrogens is 374 g/mol. The number of benzene rings is 1. The molecule has 0 spiro atoms. The normalized spacial score (nSPS) is 10.5. The maximum Gasteiger partial charge on any atom is 0.325 e. The van der Waals surface area contributed by atoms with Crippen molar-refractivity contribution in [3.8, 4) is 5.75 Å². The van der Waals surface area contributed by atoms with Crippen LogP contribution in [0.3, 0.4) is 0 Å². The quantitative estimate of drug-likeness (QED) is 0.652. The number of aliphatic carboxylic acids is 1. The molecule has 0 atom stereocenters. The third-order valence-corrected chi connectivity index (χ3v) is 3.81. The number of methoxy groups -OCH3 is 1. The molecule has 0 radical (unpaired) electrons. The number of ether oxygens (including phenoxy) is 1. The minimum absolute atomic E-state index is 0.0224. The highest BCUT2D eigenvalue weighted by atomic mass is 35.5. The zero-order valence-corrected chi connectivity index (χ0v) is 14.2. The van der Waals surface area contributed by atoms with Crippen LogP contribution in [0.15, 0.2) is 12.1 Å². The van der Waals surface area contributed by atoms with Crippen LogP contribution in [-0.4, -0.2) is 35.0 Å². The standard InChI is InChI=1S/C8H6Cl2O3.C4H9O5P/c1-13-7-5(10)3-2-4(9)6(7)8(11)12;5-4(6)2-1-3-10(7,8)9/h2-3H,1H3,(H,11,12);1-3H2,(H,5,6)(H2,7,8,9)/p-2. The lowest BCUT2D eigenvalue weighted by Crippen LogP contribution is -2.23. The molecule has 23 heavy (non-hydrogen) atoms. The van der Waals surface area contributed by atoms with E-state index in [0.29, 0.717) is 0 Å². The van der Waals surface area contributed by atoms with Crippen LogP contribution in [0.25, 0.3) is 0 Å². The second-order valence-electron chi connectivity index (χ2n) is 4.09. The molecule has 130 valence electrons. The van der Waals surface area contributed by atoms with Crippen LogP contribution in [0.1, 0.15) is 23.2 Å². The van der Waals surface area contributed by atoms with Crippen molar-refractivity contribution in [1.82, 2.24) is 0 Å². The van der Waals surface area contributed by atoms with Gasteiger partial charge in [0, 0.05) is 5.97 Å². The molecule has 0 heterocycles. The number of carboxylic acid groups (broad SMARTS) is 2. The summed E-state index contributed by atoms with van der Waals surface area (Å²) in [5.41, 5.74) is -0.225. The topological polar surface area (TPSA) is 147 Å². The molecule has 0 aromatic heterocycles. The first kappa shape index (κ1) is 21.7. The van der Waals surface area contributed by atoms with Gasteiger partial charge in [0.2, 0.25) is 0 Å². The third kappa shape index (κ3) is 8.78. The van der Waals surface area contributed by atoms with Crippen molar-refractivity contribution in [2.45, 2.75) is 12.8 Å². The fourth-order valence-electron chi connectivity index (χ4n) is 1.35. The van der Waals surface area contributed by atoms with Crippen molar-refractivity contribution in [2.24, 2.45) is 0 Å². The Labute approximate surface area is 141 Å². The molecule has 8 nitrogen and oxygen atoms in total. The highest BCUT2D eigenvalue weighted by Crippen LogP contribution is 2.35. The molecule has 2 N–H and O–H groups in total. The van der Waals surface area contributed by atoms with Crippen molar-refractivity contribution in [3.05, 3.63) is 27.7 Å². The zero-order chi connectivity index (χ0) is 18.2. The van der Waals surface area contributed by atoms with Crippen molar-refractivity contribution < 1.29 is 38.9 Å². The Morgan fingerprint density at radius 2 is 1.74 bits per heavy atom. The maximum absolute atomic E-state index is 10.6. The van der Waals surface area contributed by atoms with Crippen LogP contribution in [0, 0.1) is 0 Å². The lowest BCUT2D eigenvalue weighted by molar-refractivity contribution is -0.305. The SMILES string of the molecule is COc1c(Cl)ccc(Cl)c1C(=O)[O-].O=C([O-])CCCP(=O)(O)O. The summed E-state index contributed by atoms with van der Waals surface area (Å²) in [5, 5.41) is 20.6. The predicted octanol–water partition coefficient (Wildman–Crippen LogP) is 0.0597. The number of rotatable bonds is 6. The fraction of sp³-hybridized carbons (Fsp3) is 0.333. The summed E-state index contributed by atoms with van der Waals surface area (Å²) in [7, 11) is -2.70. The molecule has 1 aromatic carbocycles. The van der Waals surface area contributed by atoms with Crippen LogP contribution >= 0.6 is 30.8 Å². The highest BCUT2D eigenvalue weighted by molar-refractivity contribution is 7.51. The van der Waals surface area contributed by atoms with E-state index in [-0.39, 0.29) is 40.4 Å². The molecule has 0 saturated carbocycles. The van der Waals surface area contributed by atoms with Gasteiger partial charge in [-0.25, -0.2) is 0 Å². The van der Waals surface area contributed by atoms with Crippen LogP contribution in [0.2, 0.25) is 10.0 Å². The Kier molecular flexibility index (Phi) is 9.19. The van der Waals surface area contributed by atoms with Crippen molar-refractivity contribution in [3.63, 3.8) is 0 Å². The van der Waals surface area contributed by atoms with E-state index in [1.807, 2.05) is 0 Å². The second kappa shape index (κ2) is 9.75. The number of carbonyl (C=O) groups is 2. The predicted molar refractivity (Wildman–Crippen MR) is 78.5 cm³/mol. The monoisotopic (exact) mass is 386 g/mol. The van der Waals surface area contributed by atoms with Gasteiger partial charge in [-0.1, -0.05) is 23.2 Å². The highest BCUT2D eigenvalue weighted by Gasteiger charge is 2.12. The van der Waals surface area contributed by atoms with Crippen molar-refractivity contribution in [2.75, 3.05) is 13.3 Å². The van der Waals surface area contributed by atoms with E-state index in [4.69, 9.17) is 37.7 Å². The first-order valence-electron chi connectivity index (χ1n) is 5.97. The summed E-state index contributed by atoms with van der Waals surface area (Å²) in [6, 6.07) is 2.83. The fourth-order valence-corrected chi connectivity index (χ4v) is 2.38. The van der Waals surface area contributed by atoms with Gasteiger partial charge in [0.1, 0.15) is 5.75 Å². The lowest BCUT2D eigenvalue weighted by Gasteiger charge is -2.12. The minimum Gasteiger partial charge on any atom is -0.550 e. The van der Waals surface area contributed by atoms with Crippen molar-refractivity contribution >= 4 is 42.7 Å². The van der Waals surface area contributed by atoms with Gasteiger partial charge in [-0.3, -0.25) is 4.57 Å². The van der Waals surface area contributed by atoms with Gasteiger partial charge in [-0.05, 0) is 25.0 Å². The summed E-state index contributed by atoms with van der Waals surface area (Å²) < 4.78 is 14.9. The molecule has 0 aliphatic heterocycles. The molecule has 1 rings (SSSR count). The average Bonchev–Trinajstić information content (AvgIpc) is 2.39. The van der Waals surface area contributed by atoms with E-state index >= 15 is 0 Å². The first-order valence-corrected chi connectivity index (χ1v) is 8.52. The lowest BCUT2D eigenvalue weighted by atomic mass is 10.2. The van der Waals surface area contributed by atoms with E-state index < -0.39 is 19.5 Å². The van der Waals surface area contributed by atoms with Gasteiger partial charge in [-0.15, -0.1) is 0 Å². The van der Waals surface area contributed by atoms with Crippen LogP contribution < -0.4 is 14.9 Å². The summed E-state index contributed by atoms with van der Waals surface area (Å²) in [5.74, 6) is -2.67. The van der Waals surface area contributed by atoms with E-state index in [2.05, 4.69) is 0 Å². The number of hydrogen-bond donors (Lipinski definition) is 2. The van der Waals surface area contributed by atoms with Crippen LogP contribution in [0.4, 0.5) is 0 Å². The molecule has 0 saturated heterocycles. The smallest absolute Gasteiger partial charge is 0.325 e.